The number of aromatic nitrogens is 2. The molecule has 1 fully saturated rings. The van der Waals surface area contributed by atoms with Crippen molar-refractivity contribution in [1.82, 2.24) is 20.0 Å². The third-order valence-corrected chi connectivity index (χ3v) is 4.65. The number of nitrogens with zero attached hydrogens (tertiary/aromatic N) is 3. The van der Waals surface area contributed by atoms with Crippen LogP contribution in [0.5, 0.6) is 0 Å². The number of rotatable bonds is 6. The van der Waals surface area contributed by atoms with Gasteiger partial charge in [-0.1, -0.05) is 30.3 Å². The van der Waals surface area contributed by atoms with E-state index >= 15 is 0 Å². The van der Waals surface area contributed by atoms with E-state index in [0.29, 0.717) is 25.3 Å². The molecule has 0 unspecified atom stereocenters. The topological polar surface area (TPSA) is 79.3 Å². The van der Waals surface area contributed by atoms with Gasteiger partial charge in [0.1, 0.15) is 5.82 Å². The SMILES string of the molecule is C[C@@H](c1ccccc1)n1nccc1NC(=O)NCCN1CCCCC1=O. The zero-order valence-electron chi connectivity index (χ0n) is 15.0. The van der Waals surface area contributed by atoms with E-state index in [-0.39, 0.29) is 18.0 Å². The van der Waals surface area contributed by atoms with Gasteiger partial charge in [-0.15, -0.1) is 0 Å². The minimum absolute atomic E-state index is 0.00692. The molecule has 0 radical (unpaired) electrons. The molecule has 2 N–H and O–H groups in total. The third-order valence-electron chi connectivity index (χ3n) is 4.65. The number of likely N-dealkylation sites (tertiary alicyclic amines) is 1. The van der Waals surface area contributed by atoms with Gasteiger partial charge in [0.2, 0.25) is 5.91 Å². The van der Waals surface area contributed by atoms with E-state index in [1.54, 1.807) is 16.9 Å². The number of piperidine rings is 1. The molecule has 1 aliphatic rings. The lowest BCUT2D eigenvalue weighted by Gasteiger charge is -2.26. The van der Waals surface area contributed by atoms with Crippen LogP contribution in [0.2, 0.25) is 0 Å². The van der Waals surface area contributed by atoms with Gasteiger partial charge in [0.05, 0.1) is 12.2 Å². The van der Waals surface area contributed by atoms with Crippen molar-refractivity contribution in [1.29, 1.82) is 0 Å². The van der Waals surface area contributed by atoms with Crippen LogP contribution >= 0.6 is 0 Å². The van der Waals surface area contributed by atoms with Gasteiger partial charge in [0, 0.05) is 32.1 Å². The monoisotopic (exact) mass is 355 g/mol. The highest BCUT2D eigenvalue weighted by Crippen LogP contribution is 2.21. The predicted octanol–water partition coefficient (Wildman–Crippen LogP) is 2.63. The number of urea groups is 1. The highest BCUT2D eigenvalue weighted by Gasteiger charge is 2.18. The molecular formula is C19H25N5O2. The summed E-state index contributed by atoms with van der Waals surface area (Å²) in [7, 11) is 0. The average molecular weight is 355 g/mol. The van der Waals surface area contributed by atoms with Crippen molar-refractivity contribution in [3.05, 3.63) is 48.2 Å². The second kappa shape index (κ2) is 8.51. The van der Waals surface area contributed by atoms with Gasteiger partial charge in [0.15, 0.2) is 0 Å². The summed E-state index contributed by atoms with van der Waals surface area (Å²) in [6, 6.07) is 11.5. The molecule has 138 valence electrons. The Balaban J connectivity index is 1.52. The highest BCUT2D eigenvalue weighted by molar-refractivity contribution is 5.88. The van der Waals surface area contributed by atoms with Crippen LogP contribution in [-0.2, 0) is 4.79 Å². The Kier molecular flexibility index (Phi) is 5.88. The Morgan fingerprint density at radius 1 is 1.23 bits per heavy atom. The summed E-state index contributed by atoms with van der Waals surface area (Å²) >= 11 is 0. The fourth-order valence-electron chi connectivity index (χ4n) is 3.16. The molecule has 1 saturated heterocycles. The van der Waals surface area contributed by atoms with Crippen molar-refractivity contribution in [2.75, 3.05) is 25.0 Å². The number of carbonyl (C=O) groups excluding carboxylic acids is 2. The highest BCUT2D eigenvalue weighted by atomic mass is 16.2. The first-order valence-corrected chi connectivity index (χ1v) is 9.06. The Morgan fingerprint density at radius 2 is 2.04 bits per heavy atom. The maximum Gasteiger partial charge on any atom is 0.320 e. The molecule has 1 aromatic carbocycles. The molecule has 0 aliphatic carbocycles. The van der Waals surface area contributed by atoms with E-state index in [4.69, 9.17) is 0 Å². The fraction of sp³-hybridized carbons (Fsp3) is 0.421. The molecule has 3 rings (SSSR count). The molecule has 2 aromatic rings. The summed E-state index contributed by atoms with van der Waals surface area (Å²) < 4.78 is 1.78. The van der Waals surface area contributed by atoms with Gasteiger partial charge < -0.3 is 10.2 Å². The van der Waals surface area contributed by atoms with Gasteiger partial charge in [0.25, 0.3) is 0 Å². The van der Waals surface area contributed by atoms with Crippen LogP contribution in [0.25, 0.3) is 0 Å². The number of hydrogen-bond acceptors (Lipinski definition) is 3. The standard InChI is InChI=1S/C19H25N5O2/c1-15(16-7-3-2-4-8-16)24-17(10-11-21-24)22-19(26)20-12-14-23-13-6-5-9-18(23)25/h2-4,7-8,10-11,15H,5-6,9,12-14H2,1H3,(H2,20,22,26)/t15-/m0/s1. The Labute approximate surface area is 153 Å². The Hall–Kier alpha value is -2.83. The number of amides is 3. The molecule has 2 heterocycles. The molecule has 0 bridgehead atoms. The van der Waals surface area contributed by atoms with Crippen molar-refractivity contribution >= 4 is 17.8 Å². The number of carbonyl (C=O) groups is 2. The third kappa shape index (κ3) is 4.41. The Morgan fingerprint density at radius 3 is 2.81 bits per heavy atom. The lowest BCUT2D eigenvalue weighted by atomic mass is 10.1. The van der Waals surface area contributed by atoms with Crippen LogP contribution in [0, 0.1) is 0 Å². The summed E-state index contributed by atoms with van der Waals surface area (Å²) in [6.45, 7) is 3.79. The summed E-state index contributed by atoms with van der Waals surface area (Å²) in [6.07, 6.45) is 4.28. The van der Waals surface area contributed by atoms with Crippen LogP contribution in [0.3, 0.4) is 0 Å². The normalized spacial score (nSPS) is 15.6. The van der Waals surface area contributed by atoms with E-state index in [1.807, 2.05) is 42.2 Å². The van der Waals surface area contributed by atoms with E-state index in [2.05, 4.69) is 15.7 Å². The first-order chi connectivity index (χ1) is 12.6. The van der Waals surface area contributed by atoms with E-state index in [9.17, 15) is 9.59 Å². The minimum atomic E-state index is -0.295. The second-order valence-electron chi connectivity index (χ2n) is 6.47. The quantitative estimate of drug-likeness (QED) is 0.836. The first kappa shape index (κ1) is 18.0. The molecule has 1 aromatic heterocycles. The summed E-state index contributed by atoms with van der Waals surface area (Å²) in [5, 5.41) is 9.98. The number of hydrogen-bond donors (Lipinski definition) is 2. The summed E-state index contributed by atoms with van der Waals surface area (Å²) in [5.41, 5.74) is 1.11. The summed E-state index contributed by atoms with van der Waals surface area (Å²) in [4.78, 5) is 25.8. The maximum atomic E-state index is 12.2. The van der Waals surface area contributed by atoms with Crippen LogP contribution in [0.4, 0.5) is 10.6 Å². The summed E-state index contributed by atoms with van der Waals surface area (Å²) in [5.74, 6) is 0.807. The molecule has 0 spiro atoms. The number of benzene rings is 1. The van der Waals surface area contributed by atoms with Crippen molar-refractivity contribution < 1.29 is 9.59 Å². The maximum absolute atomic E-state index is 12.2. The first-order valence-electron chi connectivity index (χ1n) is 9.06. The van der Waals surface area contributed by atoms with Gasteiger partial charge in [-0.05, 0) is 25.3 Å². The number of nitrogens with one attached hydrogen (secondary N) is 2. The van der Waals surface area contributed by atoms with Gasteiger partial charge in [-0.3, -0.25) is 10.1 Å². The van der Waals surface area contributed by atoms with Crippen LogP contribution in [-0.4, -0.2) is 46.3 Å². The zero-order chi connectivity index (χ0) is 18.4. The molecule has 26 heavy (non-hydrogen) atoms. The fourth-order valence-corrected chi connectivity index (χ4v) is 3.16. The van der Waals surface area contributed by atoms with E-state index in [1.165, 1.54) is 0 Å². The zero-order valence-corrected chi connectivity index (χ0v) is 15.0. The molecule has 3 amide bonds. The van der Waals surface area contributed by atoms with Gasteiger partial charge in [-0.25, -0.2) is 9.48 Å². The molecular weight excluding hydrogens is 330 g/mol. The minimum Gasteiger partial charge on any atom is -0.341 e. The largest absolute Gasteiger partial charge is 0.341 e. The van der Waals surface area contributed by atoms with E-state index in [0.717, 1.165) is 24.9 Å². The molecule has 0 saturated carbocycles. The van der Waals surface area contributed by atoms with E-state index < -0.39 is 0 Å². The number of anilines is 1. The van der Waals surface area contributed by atoms with Crippen LogP contribution in [0.15, 0.2) is 42.6 Å². The lowest BCUT2D eigenvalue weighted by molar-refractivity contribution is -0.133. The smallest absolute Gasteiger partial charge is 0.320 e. The Bertz CT molecular complexity index is 743. The molecule has 1 aliphatic heterocycles. The molecule has 1 atom stereocenters. The van der Waals surface area contributed by atoms with Gasteiger partial charge in [-0.2, -0.15) is 5.10 Å². The van der Waals surface area contributed by atoms with Crippen molar-refractivity contribution in [2.24, 2.45) is 0 Å². The molecule has 7 heteroatoms. The second-order valence-corrected chi connectivity index (χ2v) is 6.47. The van der Waals surface area contributed by atoms with Crippen LogP contribution in [0.1, 0.15) is 37.8 Å². The average Bonchev–Trinajstić information content (AvgIpc) is 3.11. The van der Waals surface area contributed by atoms with Crippen LogP contribution < -0.4 is 10.6 Å². The van der Waals surface area contributed by atoms with Crippen molar-refractivity contribution in [3.8, 4) is 0 Å². The van der Waals surface area contributed by atoms with Gasteiger partial charge >= 0.3 is 6.03 Å². The van der Waals surface area contributed by atoms with Crippen molar-refractivity contribution in [2.45, 2.75) is 32.2 Å². The van der Waals surface area contributed by atoms with Crippen molar-refractivity contribution in [3.63, 3.8) is 0 Å². The lowest BCUT2D eigenvalue weighted by Crippen LogP contribution is -2.42. The molecule has 7 nitrogen and oxygen atoms in total. The predicted molar refractivity (Wildman–Crippen MR) is 99.9 cm³/mol.